The van der Waals surface area contributed by atoms with Gasteiger partial charge in [0.05, 0.1) is 6.54 Å². The molecule has 2 aromatic carbocycles. The third-order valence-electron chi connectivity index (χ3n) is 7.43. The van der Waals surface area contributed by atoms with Gasteiger partial charge in [-0.3, -0.25) is 15.4 Å². The third-order valence-corrected chi connectivity index (χ3v) is 7.71. The van der Waals surface area contributed by atoms with Crippen LogP contribution in [0.1, 0.15) is 67.4 Å². The van der Waals surface area contributed by atoms with Gasteiger partial charge in [0.25, 0.3) is 5.91 Å². The average Bonchev–Trinajstić information content (AvgIpc) is 2.96. The molecule has 0 saturated carbocycles. The molecule has 5 N–H and O–H groups in total. The molecule has 2 aliphatic rings. The number of nitrogens with two attached hydrogens (primary N) is 1. The van der Waals surface area contributed by atoms with Gasteiger partial charge in [-0.15, -0.1) is 0 Å². The molecule has 0 bridgehead atoms. The minimum absolute atomic E-state index is 0.171. The summed E-state index contributed by atoms with van der Waals surface area (Å²) in [6.45, 7) is 4.42. The van der Waals surface area contributed by atoms with E-state index in [0.29, 0.717) is 12.1 Å². The molecule has 0 saturated heterocycles. The highest BCUT2D eigenvalue weighted by molar-refractivity contribution is 6.29. The summed E-state index contributed by atoms with van der Waals surface area (Å²) >= 11 is 6.21. The second-order valence-electron chi connectivity index (χ2n) is 10.4. The Morgan fingerprint density at radius 2 is 1.82 bits per heavy atom. The van der Waals surface area contributed by atoms with E-state index in [-0.39, 0.29) is 18.0 Å². The molecular formula is C31H37ClN6O2. The first kappa shape index (κ1) is 29.2. The van der Waals surface area contributed by atoms with E-state index in [1.54, 1.807) is 17.0 Å². The highest BCUT2D eigenvalue weighted by atomic mass is 35.5. The Morgan fingerprint density at radius 3 is 2.45 bits per heavy atom. The van der Waals surface area contributed by atoms with Crippen molar-refractivity contribution in [3.8, 4) is 0 Å². The van der Waals surface area contributed by atoms with Gasteiger partial charge >= 0.3 is 6.03 Å². The van der Waals surface area contributed by atoms with Crippen LogP contribution in [0.4, 0.5) is 10.5 Å². The average molecular weight is 561 g/mol. The van der Waals surface area contributed by atoms with Gasteiger partial charge in [0.2, 0.25) is 0 Å². The zero-order valence-electron chi connectivity index (χ0n) is 23.0. The topological polar surface area (TPSA) is 124 Å². The molecule has 3 unspecified atom stereocenters. The molecule has 0 heterocycles. The van der Waals surface area contributed by atoms with Gasteiger partial charge in [-0.05, 0) is 97.6 Å². The lowest BCUT2D eigenvalue weighted by atomic mass is 9.88. The summed E-state index contributed by atoms with van der Waals surface area (Å²) in [7, 11) is 0. The largest absolute Gasteiger partial charge is 0.331 e. The van der Waals surface area contributed by atoms with Gasteiger partial charge < -0.3 is 10.6 Å². The molecular weight excluding hydrogens is 524 g/mol. The first-order valence-electron chi connectivity index (χ1n) is 13.7. The van der Waals surface area contributed by atoms with E-state index in [1.807, 2.05) is 43.3 Å². The number of halogens is 1. The van der Waals surface area contributed by atoms with Crippen LogP contribution in [0.2, 0.25) is 0 Å². The van der Waals surface area contributed by atoms with Crippen molar-refractivity contribution in [2.45, 2.75) is 64.8 Å². The summed E-state index contributed by atoms with van der Waals surface area (Å²) in [5, 5.41) is 9.52. The third kappa shape index (κ3) is 7.46. The fourth-order valence-corrected chi connectivity index (χ4v) is 5.47. The molecule has 0 spiro atoms. The number of amides is 3. The lowest BCUT2D eigenvalue weighted by Gasteiger charge is -2.29. The van der Waals surface area contributed by atoms with Crippen molar-refractivity contribution >= 4 is 34.8 Å². The van der Waals surface area contributed by atoms with Crippen LogP contribution in [-0.2, 0) is 6.54 Å². The molecule has 2 aliphatic carbocycles. The number of carbonyl (C=O) groups is 2. The molecule has 8 nitrogen and oxygen atoms in total. The highest BCUT2D eigenvalue weighted by Crippen LogP contribution is 2.30. The number of hydrogen-bond acceptors (Lipinski definition) is 5. The van der Waals surface area contributed by atoms with Crippen LogP contribution >= 0.6 is 11.6 Å². The molecule has 0 fully saturated rings. The smallest absolute Gasteiger partial charge is 0.322 e. The number of urea groups is 1. The van der Waals surface area contributed by atoms with Crippen molar-refractivity contribution < 1.29 is 9.59 Å². The summed E-state index contributed by atoms with van der Waals surface area (Å²) in [4.78, 5) is 27.8. The summed E-state index contributed by atoms with van der Waals surface area (Å²) in [5.41, 5.74) is 18.2. The van der Waals surface area contributed by atoms with Gasteiger partial charge in [0, 0.05) is 22.3 Å². The lowest BCUT2D eigenvalue weighted by molar-refractivity contribution is 0.0937. The summed E-state index contributed by atoms with van der Waals surface area (Å²) < 4.78 is 0. The van der Waals surface area contributed by atoms with E-state index in [1.165, 1.54) is 24.0 Å². The molecule has 3 atom stereocenters. The second-order valence-corrected chi connectivity index (χ2v) is 10.9. The zero-order chi connectivity index (χ0) is 28.6. The number of benzene rings is 2. The molecule has 9 heteroatoms. The molecule has 210 valence electrons. The van der Waals surface area contributed by atoms with Crippen molar-refractivity contribution in [1.82, 2.24) is 10.6 Å². The Kier molecular flexibility index (Phi) is 9.90. The fourth-order valence-electron chi connectivity index (χ4n) is 5.18. The fraction of sp³-hybridized carbons (Fsp3) is 0.355. The van der Waals surface area contributed by atoms with Crippen LogP contribution in [0.25, 0.3) is 5.57 Å². The molecule has 0 aliphatic heterocycles. The van der Waals surface area contributed by atoms with Gasteiger partial charge in [-0.1, -0.05) is 54.9 Å². The predicted octanol–water partition coefficient (Wildman–Crippen LogP) is 6.84. The summed E-state index contributed by atoms with van der Waals surface area (Å²) in [6.07, 6.45) is 10.5. The van der Waals surface area contributed by atoms with Crippen molar-refractivity contribution in [2.75, 3.05) is 4.90 Å². The minimum Gasteiger partial charge on any atom is -0.331 e. The van der Waals surface area contributed by atoms with Crippen molar-refractivity contribution in [2.24, 2.45) is 16.8 Å². The van der Waals surface area contributed by atoms with E-state index in [9.17, 15) is 9.59 Å². The van der Waals surface area contributed by atoms with E-state index < -0.39 is 12.2 Å². The zero-order valence-corrected chi connectivity index (χ0v) is 23.7. The molecule has 2 aromatic rings. The van der Waals surface area contributed by atoms with Gasteiger partial charge in [-0.2, -0.15) is 5.11 Å². The molecule has 0 aromatic heterocycles. The standard InChI is InChI=1S/C31H37ClN6O2/c1-20-18-26(32)14-17-28(20)21(2)35-31(40)38(27-15-12-24(13-16-27)23-6-4-3-5-7-23)19-22-8-10-25(11-9-22)29(39)36-30(33)37-34/h6,8-17,20-21,30,34H,3-5,7,18-19,33H2,1-2H3,(H,35,40)(H,36,39). The maximum absolute atomic E-state index is 13.7. The van der Waals surface area contributed by atoms with Crippen LogP contribution in [0, 0.1) is 11.4 Å². The van der Waals surface area contributed by atoms with Gasteiger partial charge in [-0.25, -0.2) is 10.3 Å². The van der Waals surface area contributed by atoms with E-state index in [0.717, 1.165) is 41.1 Å². The van der Waals surface area contributed by atoms with Crippen LogP contribution in [-0.4, -0.2) is 24.3 Å². The van der Waals surface area contributed by atoms with Crippen molar-refractivity contribution in [3.63, 3.8) is 0 Å². The molecule has 0 radical (unpaired) electrons. The number of carbonyl (C=O) groups excluding carboxylic acids is 2. The highest BCUT2D eigenvalue weighted by Gasteiger charge is 2.24. The Labute approximate surface area is 240 Å². The lowest BCUT2D eigenvalue weighted by Crippen LogP contribution is -2.45. The van der Waals surface area contributed by atoms with Gasteiger partial charge in [0.1, 0.15) is 0 Å². The van der Waals surface area contributed by atoms with E-state index in [4.69, 9.17) is 22.9 Å². The number of hydrogen-bond donors (Lipinski definition) is 4. The van der Waals surface area contributed by atoms with Crippen LogP contribution in [0.15, 0.2) is 82.5 Å². The Hall–Kier alpha value is -3.75. The predicted molar refractivity (Wildman–Crippen MR) is 160 cm³/mol. The first-order chi connectivity index (χ1) is 19.2. The Bertz CT molecular complexity index is 1320. The van der Waals surface area contributed by atoms with Gasteiger partial charge in [0.15, 0.2) is 6.29 Å². The summed E-state index contributed by atoms with van der Waals surface area (Å²) in [6, 6.07) is 14.7. The normalized spacial score (nSPS) is 18.4. The maximum Gasteiger partial charge on any atom is 0.322 e. The minimum atomic E-state index is -1.09. The maximum atomic E-state index is 13.7. The molecule has 3 amide bonds. The summed E-state index contributed by atoms with van der Waals surface area (Å²) in [5.74, 6) is -0.186. The number of nitrogens with zero attached hydrogens (tertiary/aromatic N) is 2. The number of nitrogens with one attached hydrogen (secondary N) is 3. The quantitative estimate of drug-likeness (QED) is 0.198. The van der Waals surface area contributed by atoms with Crippen LogP contribution < -0.4 is 21.3 Å². The molecule has 4 rings (SSSR count). The monoisotopic (exact) mass is 560 g/mol. The van der Waals surface area contributed by atoms with Crippen LogP contribution in [0.5, 0.6) is 0 Å². The van der Waals surface area contributed by atoms with Crippen molar-refractivity contribution in [3.05, 3.63) is 94.1 Å². The van der Waals surface area contributed by atoms with E-state index >= 15 is 0 Å². The Balaban J connectivity index is 1.55. The number of allylic oxidation sites excluding steroid dienone is 5. The Morgan fingerprint density at radius 1 is 1.10 bits per heavy atom. The first-order valence-corrected chi connectivity index (χ1v) is 14.1. The second kappa shape index (κ2) is 13.5. The van der Waals surface area contributed by atoms with E-state index in [2.05, 4.69) is 40.9 Å². The van der Waals surface area contributed by atoms with Crippen molar-refractivity contribution in [1.29, 1.82) is 5.53 Å². The molecule has 40 heavy (non-hydrogen) atoms. The SMILES string of the molecule is CC1CC(Cl)=CC=C1C(C)NC(=O)N(Cc1ccc(C(=O)NC(N)N=N)cc1)c1ccc(C2=CCCCC2)cc1. The number of rotatable bonds is 9. The van der Waals surface area contributed by atoms with Crippen LogP contribution in [0.3, 0.4) is 0 Å². The number of anilines is 1.